The Hall–Kier alpha value is -3.28. The molecule has 0 saturated carbocycles. The van der Waals surface area contributed by atoms with E-state index in [9.17, 15) is 9.18 Å². The van der Waals surface area contributed by atoms with Crippen LogP contribution in [0.4, 0.5) is 16.0 Å². The molecule has 5 nitrogen and oxygen atoms in total. The van der Waals surface area contributed by atoms with Crippen molar-refractivity contribution in [2.24, 2.45) is 0 Å². The van der Waals surface area contributed by atoms with Crippen molar-refractivity contribution >= 4 is 17.5 Å². The van der Waals surface area contributed by atoms with Crippen LogP contribution in [0.3, 0.4) is 0 Å². The van der Waals surface area contributed by atoms with E-state index >= 15 is 0 Å². The van der Waals surface area contributed by atoms with Crippen molar-refractivity contribution in [1.29, 1.82) is 0 Å². The first-order valence-electron chi connectivity index (χ1n) is 7.83. The van der Waals surface area contributed by atoms with Gasteiger partial charge in [-0.1, -0.05) is 24.3 Å². The smallest absolute Gasteiger partial charge is 0.224 e. The Labute approximate surface area is 144 Å². The first-order chi connectivity index (χ1) is 12.1. The van der Waals surface area contributed by atoms with Crippen LogP contribution in [-0.4, -0.2) is 15.9 Å². The minimum Gasteiger partial charge on any atom is -0.368 e. The van der Waals surface area contributed by atoms with Crippen molar-refractivity contribution in [1.82, 2.24) is 9.97 Å². The number of carbonyl (C=O) groups excluding carboxylic acids is 1. The van der Waals surface area contributed by atoms with E-state index in [-0.39, 0.29) is 17.7 Å². The number of carbonyl (C=O) groups is 1. The van der Waals surface area contributed by atoms with Crippen LogP contribution in [0, 0.1) is 5.82 Å². The summed E-state index contributed by atoms with van der Waals surface area (Å²) in [6.45, 7) is 0. The summed E-state index contributed by atoms with van der Waals surface area (Å²) in [5.74, 6) is -0.155. The standard InChI is InChI=1S/C19H17FN4O/c20-15-6-1-13(2-7-15)3-10-18(25)23-16-8-4-14(5-9-16)17-11-12-22-19(21)24-17/h1-2,4-9,11-12H,3,10H2,(H,23,25)(H2,21,22,24). The van der Waals surface area contributed by atoms with E-state index in [1.165, 1.54) is 12.1 Å². The SMILES string of the molecule is Nc1nccc(-c2ccc(NC(=O)CCc3ccc(F)cc3)cc2)n1. The number of nitrogens with zero attached hydrogens (tertiary/aromatic N) is 2. The molecule has 0 aliphatic heterocycles. The lowest BCUT2D eigenvalue weighted by molar-refractivity contribution is -0.116. The van der Waals surface area contributed by atoms with Crippen molar-refractivity contribution in [3.8, 4) is 11.3 Å². The summed E-state index contributed by atoms with van der Waals surface area (Å²) in [4.78, 5) is 20.0. The number of hydrogen-bond donors (Lipinski definition) is 2. The highest BCUT2D eigenvalue weighted by atomic mass is 19.1. The highest BCUT2D eigenvalue weighted by Crippen LogP contribution is 2.20. The van der Waals surface area contributed by atoms with Gasteiger partial charge in [-0.15, -0.1) is 0 Å². The van der Waals surface area contributed by atoms with Gasteiger partial charge in [0.25, 0.3) is 0 Å². The van der Waals surface area contributed by atoms with Gasteiger partial charge in [0.2, 0.25) is 11.9 Å². The number of anilines is 2. The lowest BCUT2D eigenvalue weighted by Gasteiger charge is -2.07. The predicted molar refractivity (Wildman–Crippen MR) is 95.2 cm³/mol. The number of halogens is 1. The Balaban J connectivity index is 1.57. The third kappa shape index (κ3) is 4.60. The average molecular weight is 336 g/mol. The van der Waals surface area contributed by atoms with Gasteiger partial charge in [-0.05, 0) is 42.3 Å². The minimum atomic E-state index is -0.279. The Morgan fingerprint density at radius 3 is 2.44 bits per heavy atom. The molecule has 2 aromatic carbocycles. The summed E-state index contributed by atoms with van der Waals surface area (Å²) in [6, 6.07) is 15.3. The van der Waals surface area contributed by atoms with Crippen molar-refractivity contribution in [2.45, 2.75) is 12.8 Å². The number of nitrogen functional groups attached to an aromatic ring is 1. The molecule has 25 heavy (non-hydrogen) atoms. The largest absolute Gasteiger partial charge is 0.368 e. The summed E-state index contributed by atoms with van der Waals surface area (Å²) < 4.78 is 12.9. The van der Waals surface area contributed by atoms with E-state index in [0.29, 0.717) is 18.5 Å². The second-order valence-corrected chi connectivity index (χ2v) is 5.55. The summed E-state index contributed by atoms with van der Waals surface area (Å²) in [5, 5.41) is 2.84. The van der Waals surface area contributed by atoms with Gasteiger partial charge in [-0.3, -0.25) is 4.79 Å². The molecular formula is C19H17FN4O. The second kappa shape index (κ2) is 7.53. The number of aromatic nitrogens is 2. The van der Waals surface area contributed by atoms with Gasteiger partial charge < -0.3 is 11.1 Å². The van der Waals surface area contributed by atoms with Gasteiger partial charge in [-0.25, -0.2) is 14.4 Å². The molecule has 126 valence electrons. The number of aryl methyl sites for hydroxylation is 1. The average Bonchev–Trinajstić information content (AvgIpc) is 2.62. The zero-order valence-corrected chi connectivity index (χ0v) is 13.4. The minimum absolute atomic E-state index is 0.0941. The summed E-state index contributed by atoms with van der Waals surface area (Å²) in [5.41, 5.74) is 8.82. The molecule has 0 fully saturated rings. The number of benzene rings is 2. The molecule has 0 aliphatic rings. The predicted octanol–water partition coefficient (Wildman–Crippen LogP) is 3.44. The van der Waals surface area contributed by atoms with Crippen LogP contribution >= 0.6 is 0 Å². The van der Waals surface area contributed by atoms with Crippen LogP contribution in [0.5, 0.6) is 0 Å². The molecule has 0 bridgehead atoms. The lowest BCUT2D eigenvalue weighted by Crippen LogP contribution is -2.12. The molecule has 3 rings (SSSR count). The molecule has 0 spiro atoms. The van der Waals surface area contributed by atoms with Crippen LogP contribution in [0.2, 0.25) is 0 Å². The third-order valence-electron chi connectivity index (χ3n) is 3.69. The Kier molecular flexibility index (Phi) is 4.99. The number of amides is 1. The summed E-state index contributed by atoms with van der Waals surface area (Å²) in [7, 11) is 0. The zero-order valence-electron chi connectivity index (χ0n) is 13.4. The van der Waals surface area contributed by atoms with E-state index in [0.717, 1.165) is 16.8 Å². The Bertz CT molecular complexity index is 863. The molecule has 0 saturated heterocycles. The highest BCUT2D eigenvalue weighted by Gasteiger charge is 2.05. The maximum Gasteiger partial charge on any atom is 0.224 e. The molecule has 1 amide bonds. The fourth-order valence-electron chi connectivity index (χ4n) is 2.39. The highest BCUT2D eigenvalue weighted by molar-refractivity contribution is 5.91. The number of nitrogens with two attached hydrogens (primary N) is 1. The molecule has 3 N–H and O–H groups in total. The second-order valence-electron chi connectivity index (χ2n) is 5.55. The van der Waals surface area contributed by atoms with Gasteiger partial charge in [0, 0.05) is 23.9 Å². The third-order valence-corrected chi connectivity index (χ3v) is 3.69. The topological polar surface area (TPSA) is 80.9 Å². The number of hydrogen-bond acceptors (Lipinski definition) is 4. The molecular weight excluding hydrogens is 319 g/mol. The summed E-state index contributed by atoms with van der Waals surface area (Å²) >= 11 is 0. The monoisotopic (exact) mass is 336 g/mol. The fourth-order valence-corrected chi connectivity index (χ4v) is 2.39. The normalized spacial score (nSPS) is 10.4. The van der Waals surface area contributed by atoms with Crippen molar-refractivity contribution in [3.63, 3.8) is 0 Å². The van der Waals surface area contributed by atoms with Crippen molar-refractivity contribution in [2.75, 3.05) is 11.1 Å². The number of nitrogens with one attached hydrogen (secondary N) is 1. The molecule has 0 unspecified atom stereocenters. The Morgan fingerprint density at radius 2 is 1.76 bits per heavy atom. The zero-order chi connectivity index (χ0) is 17.6. The molecule has 1 heterocycles. The van der Waals surface area contributed by atoms with E-state index < -0.39 is 0 Å². The maximum absolute atomic E-state index is 12.9. The maximum atomic E-state index is 12.9. The van der Waals surface area contributed by atoms with Crippen molar-refractivity contribution in [3.05, 3.63) is 72.2 Å². The van der Waals surface area contributed by atoms with Crippen LogP contribution in [0.1, 0.15) is 12.0 Å². The van der Waals surface area contributed by atoms with Gasteiger partial charge in [-0.2, -0.15) is 0 Å². The van der Waals surface area contributed by atoms with Crippen LogP contribution in [-0.2, 0) is 11.2 Å². The quantitative estimate of drug-likeness (QED) is 0.748. The van der Waals surface area contributed by atoms with Crippen LogP contribution in [0.15, 0.2) is 60.8 Å². The van der Waals surface area contributed by atoms with Crippen LogP contribution in [0.25, 0.3) is 11.3 Å². The molecule has 0 atom stereocenters. The molecule has 3 aromatic rings. The fraction of sp³-hybridized carbons (Fsp3) is 0.105. The lowest BCUT2D eigenvalue weighted by atomic mass is 10.1. The molecule has 0 aliphatic carbocycles. The van der Waals surface area contributed by atoms with Crippen LogP contribution < -0.4 is 11.1 Å². The first kappa shape index (κ1) is 16.6. The van der Waals surface area contributed by atoms with Gasteiger partial charge in [0.1, 0.15) is 5.82 Å². The van der Waals surface area contributed by atoms with E-state index in [4.69, 9.17) is 5.73 Å². The molecule has 0 radical (unpaired) electrons. The van der Waals surface area contributed by atoms with Crippen molar-refractivity contribution < 1.29 is 9.18 Å². The summed E-state index contributed by atoms with van der Waals surface area (Å²) in [6.07, 6.45) is 2.49. The van der Waals surface area contributed by atoms with Gasteiger partial charge in [0.15, 0.2) is 0 Å². The van der Waals surface area contributed by atoms with E-state index in [1.54, 1.807) is 24.4 Å². The molecule has 1 aromatic heterocycles. The molecule has 6 heteroatoms. The number of rotatable bonds is 5. The van der Waals surface area contributed by atoms with E-state index in [2.05, 4.69) is 15.3 Å². The first-order valence-corrected chi connectivity index (χ1v) is 7.83. The van der Waals surface area contributed by atoms with Gasteiger partial charge in [0.05, 0.1) is 5.69 Å². The van der Waals surface area contributed by atoms with E-state index in [1.807, 2.05) is 24.3 Å². The Morgan fingerprint density at radius 1 is 1.04 bits per heavy atom. The van der Waals surface area contributed by atoms with Gasteiger partial charge >= 0.3 is 0 Å².